The Kier molecular flexibility index (Phi) is 7.42. The van der Waals surface area contributed by atoms with Crippen molar-refractivity contribution in [3.8, 4) is 5.75 Å². The minimum Gasteiger partial charge on any atom is -0.485 e. The predicted octanol–water partition coefficient (Wildman–Crippen LogP) is 0.798. The summed E-state index contributed by atoms with van der Waals surface area (Å²) in [6.45, 7) is 10.2. The number of rotatable bonds is 9. The lowest BCUT2D eigenvalue weighted by Crippen LogP contribution is -2.52. The van der Waals surface area contributed by atoms with Gasteiger partial charge in [-0.05, 0) is 44.5 Å². The van der Waals surface area contributed by atoms with E-state index in [1.807, 2.05) is 20.8 Å². The van der Waals surface area contributed by atoms with Crippen LogP contribution in [0.5, 0.6) is 5.75 Å². The molecule has 0 bridgehead atoms. The van der Waals surface area contributed by atoms with E-state index in [1.54, 1.807) is 12.1 Å². The molecule has 8 heteroatoms. The number of hydrogen-bond donors (Lipinski definition) is 3. The predicted molar refractivity (Wildman–Crippen MR) is 102 cm³/mol. The van der Waals surface area contributed by atoms with Crippen LogP contribution in [0.25, 0.3) is 0 Å². The Morgan fingerprint density at radius 2 is 1.88 bits per heavy atom. The van der Waals surface area contributed by atoms with Gasteiger partial charge in [-0.25, -0.2) is 13.1 Å². The van der Waals surface area contributed by atoms with E-state index >= 15 is 0 Å². The van der Waals surface area contributed by atoms with Crippen LogP contribution >= 0.6 is 0 Å². The van der Waals surface area contributed by atoms with E-state index in [9.17, 15) is 13.5 Å². The molecule has 1 atom stereocenters. The second-order valence-electron chi connectivity index (χ2n) is 7.14. The molecule has 1 aromatic carbocycles. The summed E-state index contributed by atoms with van der Waals surface area (Å²) in [5, 5.41) is 13.9. The summed E-state index contributed by atoms with van der Waals surface area (Å²) in [5.41, 5.74) is -0.786. The van der Waals surface area contributed by atoms with Crippen LogP contribution in [0.4, 0.5) is 0 Å². The van der Waals surface area contributed by atoms with Gasteiger partial charge in [-0.15, -0.1) is 0 Å². The largest absolute Gasteiger partial charge is 0.485 e. The smallest absolute Gasteiger partial charge is 0.240 e. The number of benzene rings is 1. The van der Waals surface area contributed by atoms with Crippen molar-refractivity contribution in [3.05, 3.63) is 24.3 Å². The molecule has 26 heavy (non-hydrogen) atoms. The minimum atomic E-state index is -3.49. The molecule has 1 aliphatic heterocycles. The van der Waals surface area contributed by atoms with Crippen molar-refractivity contribution < 1.29 is 18.3 Å². The summed E-state index contributed by atoms with van der Waals surface area (Å²) in [7, 11) is -3.49. The van der Waals surface area contributed by atoms with Gasteiger partial charge in [-0.2, -0.15) is 0 Å². The van der Waals surface area contributed by atoms with E-state index in [4.69, 9.17) is 4.74 Å². The van der Waals surface area contributed by atoms with Crippen LogP contribution in [0.1, 0.15) is 27.2 Å². The maximum absolute atomic E-state index is 12.1. The zero-order chi connectivity index (χ0) is 19.2. The zero-order valence-electron chi connectivity index (χ0n) is 15.9. The molecule has 1 saturated heterocycles. The second-order valence-corrected chi connectivity index (χ2v) is 8.91. The van der Waals surface area contributed by atoms with E-state index in [1.165, 1.54) is 12.1 Å². The van der Waals surface area contributed by atoms with E-state index < -0.39 is 21.7 Å². The molecule has 0 aliphatic carbocycles. The van der Waals surface area contributed by atoms with Gasteiger partial charge >= 0.3 is 0 Å². The van der Waals surface area contributed by atoms with Crippen LogP contribution in [-0.4, -0.2) is 69.4 Å². The lowest BCUT2D eigenvalue weighted by atomic mass is 10.0. The molecule has 0 aromatic heterocycles. The fourth-order valence-electron chi connectivity index (χ4n) is 2.74. The molecule has 1 aromatic rings. The summed E-state index contributed by atoms with van der Waals surface area (Å²) >= 11 is 0. The summed E-state index contributed by atoms with van der Waals surface area (Å²) in [6.07, 6.45) is 0.0785. The molecular weight excluding hydrogens is 354 g/mol. The Hall–Kier alpha value is -1.19. The molecule has 0 spiro atoms. The van der Waals surface area contributed by atoms with Gasteiger partial charge in [0.1, 0.15) is 17.5 Å². The van der Waals surface area contributed by atoms with Crippen molar-refractivity contribution >= 4 is 10.0 Å². The topological polar surface area (TPSA) is 90.9 Å². The first-order valence-electron chi connectivity index (χ1n) is 9.14. The average molecular weight is 386 g/mol. The van der Waals surface area contributed by atoms with Crippen LogP contribution < -0.4 is 14.8 Å². The molecule has 0 saturated carbocycles. The molecule has 0 radical (unpaired) electrons. The Balaban J connectivity index is 1.97. The van der Waals surface area contributed by atoms with Crippen molar-refractivity contribution in [2.75, 3.05) is 39.3 Å². The van der Waals surface area contributed by atoms with Crippen molar-refractivity contribution in [2.45, 2.75) is 43.8 Å². The van der Waals surface area contributed by atoms with Gasteiger partial charge in [0.2, 0.25) is 10.0 Å². The number of piperazine rings is 1. The van der Waals surface area contributed by atoms with Gasteiger partial charge in [0.05, 0.1) is 4.90 Å². The molecule has 2 rings (SSSR count). The lowest BCUT2D eigenvalue weighted by Gasteiger charge is -2.36. The molecular formula is C18H31N3O4S. The maximum atomic E-state index is 12.1. The number of nitrogens with zero attached hydrogens (tertiary/aromatic N) is 1. The third kappa shape index (κ3) is 5.92. The number of hydrogen-bond acceptors (Lipinski definition) is 6. The fraction of sp³-hybridized carbons (Fsp3) is 0.667. The molecule has 148 valence electrons. The SMILES string of the molecule is CCCNS(=O)(=O)c1ccc(OC(C)(C)C(O)CN2CCNCC2)cc1. The van der Waals surface area contributed by atoms with Crippen molar-refractivity contribution in [1.29, 1.82) is 0 Å². The van der Waals surface area contributed by atoms with Gasteiger partial charge < -0.3 is 15.2 Å². The number of nitrogens with one attached hydrogen (secondary N) is 2. The van der Waals surface area contributed by atoms with Crippen LogP contribution in [0.2, 0.25) is 0 Å². The average Bonchev–Trinajstić information content (AvgIpc) is 2.61. The van der Waals surface area contributed by atoms with Gasteiger partial charge in [-0.1, -0.05) is 6.92 Å². The summed E-state index contributed by atoms with van der Waals surface area (Å²) in [6, 6.07) is 6.29. The fourth-order valence-corrected chi connectivity index (χ4v) is 3.87. The lowest BCUT2D eigenvalue weighted by molar-refractivity contribution is -0.0456. The maximum Gasteiger partial charge on any atom is 0.240 e. The second kappa shape index (κ2) is 9.14. The standard InChI is InChI=1S/C18H31N3O4S/c1-4-9-20-26(23,24)16-7-5-15(6-8-16)25-18(2,3)17(22)14-21-12-10-19-11-13-21/h5-8,17,19-20,22H,4,9-14H2,1-3H3. The number of sulfonamides is 1. The van der Waals surface area contributed by atoms with Crippen molar-refractivity contribution in [1.82, 2.24) is 14.9 Å². The molecule has 1 unspecified atom stereocenters. The Morgan fingerprint density at radius 3 is 2.46 bits per heavy atom. The van der Waals surface area contributed by atoms with Gasteiger partial charge in [-0.3, -0.25) is 4.90 Å². The first-order chi connectivity index (χ1) is 12.2. The summed E-state index contributed by atoms with van der Waals surface area (Å²) < 4.78 is 32.7. The molecule has 0 amide bonds. The first-order valence-corrected chi connectivity index (χ1v) is 10.6. The Morgan fingerprint density at radius 1 is 1.27 bits per heavy atom. The van der Waals surface area contributed by atoms with Crippen LogP contribution in [-0.2, 0) is 10.0 Å². The van der Waals surface area contributed by atoms with Crippen molar-refractivity contribution in [3.63, 3.8) is 0 Å². The molecule has 1 fully saturated rings. The number of aliphatic hydroxyl groups excluding tert-OH is 1. The van der Waals surface area contributed by atoms with Crippen LogP contribution in [0.3, 0.4) is 0 Å². The van der Waals surface area contributed by atoms with Gasteiger partial charge in [0.15, 0.2) is 0 Å². The number of β-amino-alcohol motifs (C(OH)–C–C–N with tert-alkyl or cyclic N) is 1. The highest BCUT2D eigenvalue weighted by atomic mass is 32.2. The monoisotopic (exact) mass is 385 g/mol. The van der Waals surface area contributed by atoms with Gasteiger partial charge in [0, 0.05) is 39.3 Å². The van der Waals surface area contributed by atoms with E-state index in [-0.39, 0.29) is 4.90 Å². The highest BCUT2D eigenvalue weighted by molar-refractivity contribution is 7.89. The normalized spacial score (nSPS) is 17.8. The highest BCUT2D eigenvalue weighted by Gasteiger charge is 2.32. The molecule has 1 aliphatic rings. The molecule has 3 N–H and O–H groups in total. The third-order valence-corrected chi connectivity index (χ3v) is 5.98. The van der Waals surface area contributed by atoms with Crippen LogP contribution in [0.15, 0.2) is 29.2 Å². The van der Waals surface area contributed by atoms with E-state index in [2.05, 4.69) is 14.9 Å². The zero-order valence-corrected chi connectivity index (χ0v) is 16.7. The quantitative estimate of drug-likeness (QED) is 0.582. The molecule has 7 nitrogen and oxygen atoms in total. The number of ether oxygens (including phenoxy) is 1. The third-order valence-electron chi connectivity index (χ3n) is 4.50. The minimum absolute atomic E-state index is 0.206. The van der Waals surface area contributed by atoms with E-state index in [0.29, 0.717) is 18.8 Å². The summed E-state index contributed by atoms with van der Waals surface area (Å²) in [5.74, 6) is 0.531. The highest BCUT2D eigenvalue weighted by Crippen LogP contribution is 2.23. The Bertz CT molecular complexity index is 656. The summed E-state index contributed by atoms with van der Waals surface area (Å²) in [4.78, 5) is 2.42. The number of aliphatic hydroxyl groups is 1. The van der Waals surface area contributed by atoms with Gasteiger partial charge in [0.25, 0.3) is 0 Å². The van der Waals surface area contributed by atoms with E-state index in [0.717, 1.165) is 32.6 Å². The Labute approximate surface area is 156 Å². The van der Waals surface area contributed by atoms with Crippen LogP contribution in [0, 0.1) is 0 Å². The molecule has 1 heterocycles. The van der Waals surface area contributed by atoms with Crippen molar-refractivity contribution in [2.24, 2.45) is 0 Å². The first kappa shape index (κ1) is 21.1.